The summed E-state index contributed by atoms with van der Waals surface area (Å²) >= 11 is 0. The molecule has 18 rings (SSSR count). The topological polar surface area (TPSA) is 418 Å². The smallest absolute Gasteiger partial charge is 0.251 e. The number of aliphatic hydroxyl groups excluding tert-OH is 3. The maximum atomic E-state index is 12.3. The summed E-state index contributed by atoms with van der Waals surface area (Å²) in [6.45, 7) is 6.20. The molecule has 2 aliphatic rings. The Morgan fingerprint density at radius 2 is 0.775 bits per heavy atom. The second kappa shape index (κ2) is 50.9. The number of aliphatic hydroxyl groups is 3. The van der Waals surface area contributed by atoms with Crippen LogP contribution in [-0.4, -0.2) is 243 Å². The van der Waals surface area contributed by atoms with Crippen LogP contribution in [0.2, 0.25) is 0 Å². The van der Waals surface area contributed by atoms with Crippen LogP contribution in [0.5, 0.6) is 40.2 Å². The SMILES string of the molecule is C.C.C.CNC(=O)Cn1cc(-c2cnc3ccc(N(CCCO)c4cc(OC)cc(OC)c4)cc3n2)cn1.CNC(=O)c1cc(OC)cc(N(CCCO)c2ccc3ncc(-c4cnn(CCO)c4)nc3c2)c1.CNCCn1cc(-c2cnc3ccc(N(CC4CC4)c4cc(OC)cc(OC)c4)cc3n2)cn1.COc1cc(OC)cc(N(CCN)c2ccc3ncc(-c4cnn(C5CCCCO5)c4)nc3c2)c1. The number of amides is 2. The summed E-state index contributed by atoms with van der Waals surface area (Å²) in [5, 5.41) is 53.9. The van der Waals surface area contributed by atoms with Crippen LogP contribution < -0.4 is 74.4 Å². The minimum atomic E-state index is -0.219. The average molecular weight is 1930 g/mol. The lowest BCUT2D eigenvalue weighted by atomic mass is 10.1. The molecule has 0 radical (unpaired) electrons. The Morgan fingerprint density at radius 3 is 1.15 bits per heavy atom. The van der Waals surface area contributed by atoms with Crippen LogP contribution in [0.1, 0.15) is 83.8 Å². The number of hydrogen-bond acceptors (Lipinski definition) is 31. The molecule has 1 unspecified atom stereocenters. The maximum Gasteiger partial charge on any atom is 0.251 e. The number of ether oxygens (including phenoxy) is 8. The van der Waals surface area contributed by atoms with Gasteiger partial charge in [-0.25, -0.2) is 24.6 Å². The fraction of sp³-hybridized carbons (Fsp3) is 0.333. The van der Waals surface area contributed by atoms with Crippen molar-refractivity contribution in [1.29, 1.82) is 0 Å². The lowest BCUT2D eigenvalue weighted by molar-refractivity contribution is -0.121. The monoisotopic (exact) mass is 1930 g/mol. The van der Waals surface area contributed by atoms with Crippen molar-refractivity contribution in [2.24, 2.45) is 11.7 Å². The summed E-state index contributed by atoms with van der Waals surface area (Å²) in [4.78, 5) is 70.3. The predicted octanol–water partition coefficient (Wildman–Crippen LogP) is 15.6. The van der Waals surface area contributed by atoms with Crippen LogP contribution >= 0.6 is 0 Å². The van der Waals surface area contributed by atoms with Gasteiger partial charge in [0.2, 0.25) is 5.91 Å². The number of rotatable bonds is 38. The Hall–Kier alpha value is -15.5. The number of carbonyl (C=O) groups is 2. The molecule has 0 bridgehead atoms. The quantitative estimate of drug-likeness (QED) is 0.0189. The molecular formula is C105H128N24O13. The summed E-state index contributed by atoms with van der Waals surface area (Å²) in [7, 11) is 16.5. The number of nitrogens with two attached hydrogens (primary N) is 1. The molecule has 746 valence electrons. The molecule has 1 saturated heterocycles. The molecule has 8 aromatic carbocycles. The average Bonchev–Trinajstić information content (AvgIpc) is 1.31. The molecule has 0 spiro atoms. The van der Waals surface area contributed by atoms with E-state index in [0.29, 0.717) is 108 Å². The second-order valence-electron chi connectivity index (χ2n) is 32.8. The van der Waals surface area contributed by atoms with Crippen molar-refractivity contribution in [3.8, 4) is 85.3 Å². The standard InChI is InChI=1S/C26H30N6O3.C26H30N6O2.2C25H28N6O4.3CH4/c1-33-21-11-20(12-22(14-21)34-2)31(9-8-27)19-6-7-23-24(13-19)30-25(16-28-23)18-15-29-32(17-18)26-5-3-4-10-35-26;1-27-8-9-31-17-19(14-29-31)26-15-28-24-7-6-20(12-25(24)30-26)32(16-18-4-5-18)21-10-22(33-2)13-23(11-21)34-3;1-26-25(33)16-30-15-17(13-28-30)24-14-27-22-6-5-18(11-23(22)29-24)31(7-4-8-32)19-9-20(34-2)12-21(10-19)35-3;1-26-25(34)17-10-20(12-21(11-17)35-2)31(6-3-8-32)19-4-5-22-23(13-19)29-24(15-27-22)18-14-28-30(16-18)7-9-33;;;/h6-7,11-17,26H,3-5,8-10,27H2,1-2H3;6-7,10-15,17-18,27H,4-5,8-9,16H2,1-3H3;5-6,9-15,32H,4,7-8,16H2,1-3H3,(H,26,33);4-5,10-16,32-33H,3,6-9H2,1-2H3,(H,26,34);3*1H4. The van der Waals surface area contributed by atoms with Crippen molar-refractivity contribution in [3.63, 3.8) is 0 Å². The van der Waals surface area contributed by atoms with Crippen LogP contribution in [0.4, 0.5) is 45.5 Å². The molecule has 142 heavy (non-hydrogen) atoms. The molecule has 8 aromatic heterocycles. The third kappa shape index (κ3) is 26.5. The molecule has 8 N–H and O–H groups in total. The highest BCUT2D eigenvalue weighted by atomic mass is 16.5. The zero-order valence-corrected chi connectivity index (χ0v) is 79.5. The highest BCUT2D eigenvalue weighted by Gasteiger charge is 2.28. The van der Waals surface area contributed by atoms with Gasteiger partial charge in [-0.2, -0.15) is 20.4 Å². The van der Waals surface area contributed by atoms with Crippen molar-refractivity contribution in [2.75, 3.05) is 156 Å². The van der Waals surface area contributed by atoms with Gasteiger partial charge in [0.25, 0.3) is 5.91 Å². The zero-order chi connectivity index (χ0) is 97.3. The summed E-state index contributed by atoms with van der Waals surface area (Å²) in [6, 6.07) is 46.7. The van der Waals surface area contributed by atoms with Crippen LogP contribution in [0.3, 0.4) is 0 Å². The van der Waals surface area contributed by atoms with E-state index in [9.17, 15) is 19.8 Å². The molecule has 1 atom stereocenters. The molecule has 1 saturated carbocycles. The fourth-order valence-corrected chi connectivity index (χ4v) is 15.9. The lowest BCUT2D eigenvalue weighted by Crippen LogP contribution is -2.24. The van der Waals surface area contributed by atoms with Gasteiger partial charge in [-0.05, 0) is 143 Å². The number of nitrogens with one attached hydrogen (secondary N) is 3. The molecule has 2 fully saturated rings. The molecule has 1 aliphatic carbocycles. The van der Waals surface area contributed by atoms with E-state index in [2.05, 4.69) is 95.2 Å². The van der Waals surface area contributed by atoms with Crippen LogP contribution in [0.25, 0.3) is 89.2 Å². The van der Waals surface area contributed by atoms with Gasteiger partial charge >= 0.3 is 0 Å². The van der Waals surface area contributed by atoms with E-state index >= 15 is 0 Å². The van der Waals surface area contributed by atoms with Crippen molar-refractivity contribution in [3.05, 3.63) is 226 Å². The van der Waals surface area contributed by atoms with Gasteiger partial charge in [0.1, 0.15) is 53.0 Å². The Bertz CT molecular complexity index is 6780. The summed E-state index contributed by atoms with van der Waals surface area (Å²) in [5.41, 5.74) is 26.4. The van der Waals surface area contributed by atoms with Crippen molar-refractivity contribution in [1.82, 2.24) is 94.9 Å². The highest BCUT2D eigenvalue weighted by Crippen LogP contribution is 2.42. The van der Waals surface area contributed by atoms with Crippen LogP contribution in [0, 0.1) is 5.92 Å². The minimum absolute atomic E-state index is 0. The van der Waals surface area contributed by atoms with Gasteiger partial charge in [-0.3, -0.25) is 43.6 Å². The molecule has 37 heteroatoms. The number of benzene rings is 8. The van der Waals surface area contributed by atoms with Gasteiger partial charge in [-0.15, -0.1) is 0 Å². The minimum Gasteiger partial charge on any atom is -0.497 e. The van der Waals surface area contributed by atoms with E-state index in [4.69, 9.17) is 68.7 Å². The van der Waals surface area contributed by atoms with Gasteiger partial charge in [0.05, 0.1) is 186 Å². The fourth-order valence-electron chi connectivity index (χ4n) is 15.9. The summed E-state index contributed by atoms with van der Waals surface area (Å²) in [5.74, 6) is 5.20. The van der Waals surface area contributed by atoms with E-state index in [0.717, 1.165) is 169 Å². The van der Waals surface area contributed by atoms with Crippen LogP contribution in [-0.2, 0) is 29.2 Å². The summed E-state index contributed by atoms with van der Waals surface area (Å²) in [6.07, 6.45) is 28.4. The first-order valence-electron chi connectivity index (χ1n) is 45.9. The third-order valence-corrected chi connectivity index (χ3v) is 23.4. The summed E-state index contributed by atoms with van der Waals surface area (Å²) < 4.78 is 51.2. The van der Waals surface area contributed by atoms with Gasteiger partial charge in [0, 0.05) is 232 Å². The molecule has 16 aromatic rings. The first-order chi connectivity index (χ1) is 67.9. The lowest BCUT2D eigenvalue weighted by Gasteiger charge is -2.26. The second-order valence-corrected chi connectivity index (χ2v) is 32.8. The Kier molecular flexibility index (Phi) is 37.7. The van der Waals surface area contributed by atoms with Crippen molar-refractivity contribution < 1.29 is 62.8 Å². The molecular weight excluding hydrogens is 1810 g/mol. The molecule has 2 amide bonds. The number of anilines is 8. The number of aromatic nitrogens is 16. The number of likely N-dealkylation sites (N-methyl/N-ethyl adjacent to an activating group) is 2. The molecule has 37 nitrogen and oxygen atoms in total. The number of hydrogen-bond donors (Lipinski definition) is 7. The highest BCUT2D eigenvalue weighted by molar-refractivity contribution is 5.96. The van der Waals surface area contributed by atoms with Gasteiger partial charge in [0.15, 0.2) is 0 Å². The first kappa shape index (κ1) is 105. The third-order valence-electron chi connectivity index (χ3n) is 23.4. The Morgan fingerprint density at radius 1 is 0.401 bits per heavy atom. The number of carbonyl (C=O) groups excluding carboxylic acids is 2. The number of methoxy groups -OCH3 is 7. The van der Waals surface area contributed by atoms with Crippen molar-refractivity contribution >= 4 is 101 Å². The normalized spacial score (nSPS) is 12.5. The predicted molar refractivity (Wildman–Crippen MR) is 555 cm³/mol. The number of nitrogens with zero attached hydrogens (tertiary/aromatic N) is 20. The van der Waals surface area contributed by atoms with Crippen molar-refractivity contribution in [2.45, 2.75) is 93.1 Å². The van der Waals surface area contributed by atoms with E-state index in [1.165, 1.54) is 12.8 Å². The van der Waals surface area contributed by atoms with Gasteiger partial charge in [-0.1, -0.05) is 22.3 Å². The Balaban J connectivity index is 0.000000168. The van der Waals surface area contributed by atoms with E-state index in [1.807, 2.05) is 168 Å². The van der Waals surface area contributed by atoms with Gasteiger partial charge < -0.3 is 94.5 Å². The van der Waals surface area contributed by atoms with E-state index < -0.39 is 0 Å². The molecule has 1 aliphatic heterocycles. The molecule has 9 heterocycles. The van der Waals surface area contributed by atoms with E-state index in [-0.39, 0.29) is 66.7 Å². The zero-order valence-electron chi connectivity index (χ0n) is 79.5. The Labute approximate surface area is 826 Å². The first-order valence-corrected chi connectivity index (χ1v) is 45.9. The largest absolute Gasteiger partial charge is 0.497 e. The maximum absolute atomic E-state index is 12.3. The van der Waals surface area contributed by atoms with E-state index in [1.54, 1.807) is 123 Å². The number of fused-ring (bicyclic) bond motifs is 4. The van der Waals surface area contributed by atoms with Crippen LogP contribution in [0.15, 0.2) is 220 Å².